The molecule has 0 saturated heterocycles. The molecule has 0 radical (unpaired) electrons. The first kappa shape index (κ1) is 44.8. The fourth-order valence-electron chi connectivity index (χ4n) is 5.35. The minimum Gasteiger partial charge on any atom is -0.481 e. The molecule has 0 aliphatic carbocycles. The Bertz CT molecular complexity index is 600. The van der Waals surface area contributed by atoms with Gasteiger partial charge in [-0.1, -0.05) is 174 Å². The van der Waals surface area contributed by atoms with E-state index in [0.29, 0.717) is 12.8 Å². The normalized spacial score (nSPS) is 11.8. The summed E-state index contributed by atoms with van der Waals surface area (Å²) in [6, 6.07) is 0. The highest BCUT2D eigenvalue weighted by atomic mass is 16.5. The van der Waals surface area contributed by atoms with Crippen LogP contribution in [0.1, 0.15) is 227 Å². The molecule has 0 aromatic rings. The lowest BCUT2D eigenvalue weighted by Crippen LogP contribution is -2.13. The van der Waals surface area contributed by atoms with E-state index in [1.807, 2.05) is 13.8 Å². The van der Waals surface area contributed by atoms with Gasteiger partial charge in [-0.15, -0.1) is 0 Å². The molecular formula is C40H78O4. The quantitative estimate of drug-likeness (QED) is 0.0449. The smallest absolute Gasteiger partial charge is 0.306 e. The molecule has 4 nitrogen and oxygen atoms in total. The van der Waals surface area contributed by atoms with Crippen molar-refractivity contribution in [3.63, 3.8) is 0 Å². The van der Waals surface area contributed by atoms with E-state index in [-0.39, 0.29) is 12.1 Å². The Hall–Kier alpha value is -1.32. The average molecular weight is 623 g/mol. The Morgan fingerprint density at radius 1 is 0.500 bits per heavy atom. The highest BCUT2D eigenvalue weighted by molar-refractivity contribution is 5.69. The van der Waals surface area contributed by atoms with Crippen molar-refractivity contribution in [2.24, 2.45) is 0 Å². The summed E-state index contributed by atoms with van der Waals surface area (Å²) < 4.78 is 5.28. The number of ether oxygens (including phenoxy) is 1. The number of esters is 1. The number of hydrogen-bond donors (Lipinski definition) is 1. The van der Waals surface area contributed by atoms with Crippen molar-refractivity contribution < 1.29 is 19.4 Å². The first-order chi connectivity index (χ1) is 21.5. The van der Waals surface area contributed by atoms with Crippen LogP contribution in [-0.2, 0) is 14.3 Å². The second-order valence-corrected chi connectivity index (χ2v) is 13.1. The fourth-order valence-corrected chi connectivity index (χ4v) is 5.35. The lowest BCUT2D eigenvalue weighted by molar-refractivity contribution is -0.148. The molecule has 0 aromatic heterocycles. The van der Waals surface area contributed by atoms with Gasteiger partial charge < -0.3 is 9.84 Å². The molecule has 1 N–H and O–H groups in total. The lowest BCUT2D eigenvalue weighted by Gasteiger charge is -2.10. The summed E-state index contributed by atoms with van der Waals surface area (Å²) in [5, 5.41) is 8.51. The Balaban J connectivity index is 0. The largest absolute Gasteiger partial charge is 0.481 e. The van der Waals surface area contributed by atoms with E-state index < -0.39 is 5.97 Å². The van der Waals surface area contributed by atoms with Crippen LogP contribution in [0.25, 0.3) is 0 Å². The van der Waals surface area contributed by atoms with Gasteiger partial charge in [0.25, 0.3) is 0 Å². The van der Waals surface area contributed by atoms with E-state index in [9.17, 15) is 9.59 Å². The zero-order chi connectivity index (χ0) is 32.8. The number of rotatable bonds is 33. The van der Waals surface area contributed by atoms with Crippen LogP contribution in [-0.4, -0.2) is 23.1 Å². The number of carboxylic acids is 1. The van der Waals surface area contributed by atoms with E-state index in [4.69, 9.17) is 9.84 Å². The molecule has 4 heteroatoms. The van der Waals surface area contributed by atoms with Crippen molar-refractivity contribution in [1.29, 1.82) is 0 Å². The number of aliphatic carboxylic acids is 1. The van der Waals surface area contributed by atoms with E-state index >= 15 is 0 Å². The Labute approximate surface area is 276 Å². The summed E-state index contributed by atoms with van der Waals surface area (Å²) in [5.74, 6) is -0.679. The molecule has 1 unspecified atom stereocenters. The van der Waals surface area contributed by atoms with Crippen molar-refractivity contribution >= 4 is 11.9 Å². The third-order valence-corrected chi connectivity index (χ3v) is 8.54. The molecular weight excluding hydrogens is 544 g/mol. The third-order valence-electron chi connectivity index (χ3n) is 8.54. The number of allylic oxidation sites excluding steroid dienone is 2. The summed E-state index contributed by atoms with van der Waals surface area (Å²) in [6.45, 7) is 8.55. The molecule has 44 heavy (non-hydrogen) atoms. The zero-order valence-corrected chi connectivity index (χ0v) is 30.3. The van der Waals surface area contributed by atoms with Gasteiger partial charge in [0.2, 0.25) is 0 Å². The van der Waals surface area contributed by atoms with Crippen molar-refractivity contribution in [1.82, 2.24) is 0 Å². The molecule has 0 aliphatic heterocycles. The molecule has 0 heterocycles. The maximum atomic E-state index is 11.5. The highest BCUT2D eigenvalue weighted by Crippen LogP contribution is 2.14. The van der Waals surface area contributed by atoms with Gasteiger partial charge in [-0.2, -0.15) is 0 Å². The predicted octanol–water partition coefficient (Wildman–Crippen LogP) is 13.7. The van der Waals surface area contributed by atoms with Gasteiger partial charge in [-0.3, -0.25) is 9.59 Å². The molecule has 0 saturated carbocycles. The van der Waals surface area contributed by atoms with E-state index in [1.54, 1.807) is 0 Å². The molecule has 0 rings (SSSR count). The first-order valence-corrected chi connectivity index (χ1v) is 19.5. The molecule has 262 valence electrons. The van der Waals surface area contributed by atoms with Gasteiger partial charge in [-0.05, 0) is 51.9 Å². The summed E-state index contributed by atoms with van der Waals surface area (Å²) in [7, 11) is 0. The standard InChI is InChI=1S/C22H44O2.C18H34O2/c1-4-6-7-8-9-10-11-12-13-14-15-16-17-18-19-20-22(23)24-21(3)5-2;1-2-3-4-5-6-7-8-9-10-11-12-13-14-15-16-17-18(19)20/h21H,4-20H2,1-3H3;9-10H,2-8,11-17H2,1H3,(H,19,20)/b;10-9-. The summed E-state index contributed by atoms with van der Waals surface area (Å²) in [4.78, 5) is 21.8. The minimum atomic E-state index is -0.664. The first-order valence-electron chi connectivity index (χ1n) is 19.5. The van der Waals surface area contributed by atoms with Crippen LogP contribution in [0.3, 0.4) is 0 Å². The molecule has 1 atom stereocenters. The van der Waals surface area contributed by atoms with Crippen LogP contribution in [0.4, 0.5) is 0 Å². The van der Waals surface area contributed by atoms with Crippen molar-refractivity contribution in [2.45, 2.75) is 233 Å². The lowest BCUT2D eigenvalue weighted by atomic mass is 10.0. The number of unbranched alkanes of at least 4 members (excludes halogenated alkanes) is 25. The zero-order valence-electron chi connectivity index (χ0n) is 30.3. The van der Waals surface area contributed by atoms with Crippen LogP contribution in [0.2, 0.25) is 0 Å². The maximum Gasteiger partial charge on any atom is 0.306 e. The van der Waals surface area contributed by atoms with Crippen LogP contribution in [0.15, 0.2) is 12.2 Å². The average Bonchev–Trinajstić information content (AvgIpc) is 3.01. The van der Waals surface area contributed by atoms with Crippen LogP contribution in [0.5, 0.6) is 0 Å². The second-order valence-electron chi connectivity index (χ2n) is 13.1. The molecule has 0 aliphatic rings. The number of hydrogen-bond acceptors (Lipinski definition) is 3. The van der Waals surface area contributed by atoms with E-state index in [1.165, 1.54) is 161 Å². The minimum absolute atomic E-state index is 0.0148. The summed E-state index contributed by atoms with van der Waals surface area (Å²) in [6.07, 6.45) is 43.2. The third kappa shape index (κ3) is 42.8. The summed E-state index contributed by atoms with van der Waals surface area (Å²) in [5.41, 5.74) is 0. The molecule has 0 fully saturated rings. The fraction of sp³-hybridized carbons (Fsp3) is 0.900. The molecule has 0 bridgehead atoms. The molecule has 0 spiro atoms. The van der Waals surface area contributed by atoms with E-state index in [0.717, 1.165) is 25.7 Å². The van der Waals surface area contributed by atoms with Gasteiger partial charge in [0.15, 0.2) is 0 Å². The topological polar surface area (TPSA) is 63.6 Å². The maximum absolute atomic E-state index is 11.5. The Kier molecular flexibility index (Phi) is 40.4. The van der Waals surface area contributed by atoms with Gasteiger partial charge in [0.1, 0.15) is 0 Å². The van der Waals surface area contributed by atoms with E-state index in [2.05, 4.69) is 26.0 Å². The Morgan fingerprint density at radius 3 is 1.16 bits per heavy atom. The van der Waals surface area contributed by atoms with Gasteiger partial charge in [0, 0.05) is 12.8 Å². The van der Waals surface area contributed by atoms with Crippen LogP contribution < -0.4 is 0 Å². The van der Waals surface area contributed by atoms with Crippen LogP contribution >= 0.6 is 0 Å². The Morgan fingerprint density at radius 2 is 0.818 bits per heavy atom. The summed E-state index contributed by atoms with van der Waals surface area (Å²) >= 11 is 0. The predicted molar refractivity (Wildman–Crippen MR) is 192 cm³/mol. The monoisotopic (exact) mass is 623 g/mol. The SMILES string of the molecule is CCCCCCCC/C=C\CCCCCCCC(=O)O.CCCCCCCCCCCCCCCCCC(=O)OC(C)CC. The van der Waals surface area contributed by atoms with Gasteiger partial charge in [0.05, 0.1) is 6.10 Å². The van der Waals surface area contributed by atoms with Gasteiger partial charge >= 0.3 is 11.9 Å². The molecule has 0 amide bonds. The van der Waals surface area contributed by atoms with Crippen molar-refractivity contribution in [2.75, 3.05) is 0 Å². The molecule has 0 aromatic carbocycles. The highest BCUT2D eigenvalue weighted by Gasteiger charge is 2.06. The van der Waals surface area contributed by atoms with Crippen molar-refractivity contribution in [3.05, 3.63) is 12.2 Å². The van der Waals surface area contributed by atoms with Crippen molar-refractivity contribution in [3.8, 4) is 0 Å². The van der Waals surface area contributed by atoms with Gasteiger partial charge in [-0.25, -0.2) is 0 Å². The number of carbonyl (C=O) groups is 2. The second kappa shape index (κ2) is 39.7. The van der Waals surface area contributed by atoms with Crippen LogP contribution in [0, 0.1) is 0 Å². The number of carbonyl (C=O) groups excluding carboxylic acids is 1. The number of carboxylic acid groups (broad SMARTS) is 1.